The van der Waals surface area contributed by atoms with Gasteiger partial charge in [-0.1, -0.05) is 44.0 Å². The third-order valence-electron chi connectivity index (χ3n) is 4.64. The van der Waals surface area contributed by atoms with E-state index in [1.165, 1.54) is 0 Å². The van der Waals surface area contributed by atoms with E-state index in [1.807, 2.05) is 6.92 Å². The Morgan fingerprint density at radius 2 is 1.39 bits per heavy atom. The van der Waals surface area contributed by atoms with Gasteiger partial charge in [-0.05, 0) is 60.9 Å². The molecule has 1 N–H and O–H groups in total. The van der Waals surface area contributed by atoms with Crippen LogP contribution in [0, 0.1) is 11.3 Å². The van der Waals surface area contributed by atoms with E-state index >= 15 is 0 Å². The van der Waals surface area contributed by atoms with Gasteiger partial charge in [0.05, 0.1) is 5.56 Å². The van der Waals surface area contributed by atoms with Crippen LogP contribution in [-0.2, 0) is 4.74 Å². The molecule has 2 aromatic carbocycles. The van der Waals surface area contributed by atoms with Crippen molar-refractivity contribution in [2.45, 2.75) is 33.8 Å². The number of halogens is 2. The van der Waals surface area contributed by atoms with Crippen LogP contribution in [0.25, 0.3) is 0 Å². The fourth-order valence-corrected chi connectivity index (χ4v) is 3.24. The van der Waals surface area contributed by atoms with Crippen molar-refractivity contribution in [1.29, 1.82) is 0 Å². The predicted octanol–water partition coefficient (Wildman–Crippen LogP) is 5.63. The molecule has 0 radical (unpaired) electrons. The van der Waals surface area contributed by atoms with Gasteiger partial charge in [-0.15, -0.1) is 0 Å². The standard InChI is InChI=1S/C22H25Cl2NO3/c1-14(28-21(27)16-7-11-18(24)12-8-16)19(22(2,3)4)13-25-20(26)15-5-9-17(23)10-6-15/h5-12,14,19H,13H2,1-4H3,(H,25,26). The topological polar surface area (TPSA) is 55.4 Å². The molecular weight excluding hydrogens is 397 g/mol. The minimum Gasteiger partial charge on any atom is -0.459 e. The lowest BCUT2D eigenvalue weighted by Gasteiger charge is -2.35. The second-order valence-corrected chi connectivity index (χ2v) is 8.68. The van der Waals surface area contributed by atoms with E-state index in [0.717, 1.165) is 0 Å². The van der Waals surface area contributed by atoms with Crippen LogP contribution in [0.5, 0.6) is 0 Å². The van der Waals surface area contributed by atoms with Gasteiger partial charge in [0.1, 0.15) is 6.10 Å². The average Bonchev–Trinajstić information content (AvgIpc) is 2.61. The third-order valence-corrected chi connectivity index (χ3v) is 5.14. The molecule has 0 aliphatic rings. The molecule has 0 aliphatic heterocycles. The van der Waals surface area contributed by atoms with E-state index in [1.54, 1.807) is 48.5 Å². The molecular formula is C22H25Cl2NO3. The molecule has 6 heteroatoms. The summed E-state index contributed by atoms with van der Waals surface area (Å²) in [5, 5.41) is 4.07. The Kier molecular flexibility index (Phi) is 7.50. The fraction of sp³-hybridized carbons (Fsp3) is 0.364. The summed E-state index contributed by atoms with van der Waals surface area (Å²) in [7, 11) is 0. The number of rotatable bonds is 6. The van der Waals surface area contributed by atoms with Crippen molar-refractivity contribution in [3.63, 3.8) is 0 Å². The number of carbonyl (C=O) groups is 2. The molecule has 0 bridgehead atoms. The Morgan fingerprint density at radius 3 is 1.86 bits per heavy atom. The van der Waals surface area contributed by atoms with Gasteiger partial charge in [-0.3, -0.25) is 4.79 Å². The van der Waals surface area contributed by atoms with Gasteiger partial charge in [0.25, 0.3) is 5.91 Å². The smallest absolute Gasteiger partial charge is 0.338 e. The molecule has 0 saturated heterocycles. The molecule has 0 spiro atoms. The van der Waals surface area contributed by atoms with Crippen LogP contribution >= 0.6 is 23.2 Å². The average molecular weight is 422 g/mol. The summed E-state index contributed by atoms with van der Waals surface area (Å²) in [6.07, 6.45) is -0.395. The number of amides is 1. The van der Waals surface area contributed by atoms with Gasteiger partial charge in [0.2, 0.25) is 0 Å². The first-order valence-electron chi connectivity index (χ1n) is 9.08. The van der Waals surface area contributed by atoms with Crippen LogP contribution in [0.15, 0.2) is 48.5 Å². The van der Waals surface area contributed by atoms with Gasteiger partial charge in [-0.2, -0.15) is 0 Å². The highest BCUT2D eigenvalue weighted by Crippen LogP contribution is 2.30. The maximum Gasteiger partial charge on any atom is 0.338 e. The molecule has 0 heterocycles. The number of ether oxygens (including phenoxy) is 1. The van der Waals surface area contributed by atoms with Crippen molar-refractivity contribution in [1.82, 2.24) is 5.32 Å². The maximum atomic E-state index is 12.4. The molecule has 0 fully saturated rings. The molecule has 0 aromatic heterocycles. The first-order chi connectivity index (χ1) is 13.1. The number of benzene rings is 2. The van der Waals surface area contributed by atoms with Gasteiger partial charge in [0, 0.05) is 28.1 Å². The monoisotopic (exact) mass is 421 g/mol. The zero-order valence-corrected chi connectivity index (χ0v) is 18.0. The first kappa shape index (κ1) is 22.3. The van der Waals surface area contributed by atoms with Crippen LogP contribution in [0.2, 0.25) is 10.0 Å². The highest BCUT2D eigenvalue weighted by molar-refractivity contribution is 6.31. The van der Waals surface area contributed by atoms with Gasteiger partial charge < -0.3 is 10.1 Å². The zero-order valence-electron chi connectivity index (χ0n) is 16.5. The SMILES string of the molecule is CC(OC(=O)c1ccc(Cl)cc1)C(CNC(=O)c1ccc(Cl)cc1)C(C)(C)C. The lowest BCUT2D eigenvalue weighted by molar-refractivity contribution is 0.000200. The van der Waals surface area contributed by atoms with Gasteiger partial charge in [0.15, 0.2) is 0 Å². The molecule has 2 atom stereocenters. The molecule has 2 rings (SSSR count). The number of hydrogen-bond donors (Lipinski definition) is 1. The van der Waals surface area contributed by atoms with E-state index in [4.69, 9.17) is 27.9 Å². The summed E-state index contributed by atoms with van der Waals surface area (Å²) in [5.74, 6) is -0.690. The van der Waals surface area contributed by atoms with Gasteiger partial charge in [-0.25, -0.2) is 4.79 Å². The fourth-order valence-electron chi connectivity index (χ4n) is 2.99. The van der Waals surface area contributed by atoms with Crippen LogP contribution in [0.1, 0.15) is 48.4 Å². The largest absolute Gasteiger partial charge is 0.459 e. The molecule has 28 heavy (non-hydrogen) atoms. The first-order valence-corrected chi connectivity index (χ1v) is 9.84. The maximum absolute atomic E-state index is 12.4. The summed E-state index contributed by atoms with van der Waals surface area (Å²) in [6.45, 7) is 8.38. The highest BCUT2D eigenvalue weighted by Gasteiger charge is 2.32. The molecule has 150 valence electrons. The van der Waals surface area contributed by atoms with E-state index in [2.05, 4.69) is 26.1 Å². The van der Waals surface area contributed by atoms with Crippen molar-refractivity contribution < 1.29 is 14.3 Å². The van der Waals surface area contributed by atoms with Crippen molar-refractivity contribution >= 4 is 35.1 Å². The molecule has 2 unspecified atom stereocenters. The van der Waals surface area contributed by atoms with Crippen molar-refractivity contribution in [3.8, 4) is 0 Å². The Morgan fingerprint density at radius 1 is 0.929 bits per heavy atom. The second kappa shape index (κ2) is 9.44. The normalized spacial score (nSPS) is 13.5. The minimum absolute atomic E-state index is 0.0833. The summed E-state index contributed by atoms with van der Waals surface area (Å²) >= 11 is 11.7. The summed E-state index contributed by atoms with van der Waals surface area (Å²) in [6, 6.07) is 13.3. The number of hydrogen-bond acceptors (Lipinski definition) is 3. The van der Waals surface area contributed by atoms with Crippen LogP contribution in [0.3, 0.4) is 0 Å². The van der Waals surface area contributed by atoms with Crippen LogP contribution in [-0.4, -0.2) is 24.5 Å². The van der Waals surface area contributed by atoms with Crippen LogP contribution < -0.4 is 5.32 Å². The summed E-state index contributed by atoms with van der Waals surface area (Å²) in [4.78, 5) is 24.8. The van der Waals surface area contributed by atoms with Gasteiger partial charge >= 0.3 is 5.97 Å². The van der Waals surface area contributed by atoms with Crippen molar-refractivity contribution in [3.05, 3.63) is 69.7 Å². The number of esters is 1. The van der Waals surface area contributed by atoms with E-state index in [-0.39, 0.29) is 17.2 Å². The quantitative estimate of drug-likeness (QED) is 0.614. The van der Waals surface area contributed by atoms with Crippen LogP contribution in [0.4, 0.5) is 0 Å². The predicted molar refractivity (Wildman–Crippen MR) is 113 cm³/mol. The summed E-state index contributed by atoms with van der Waals surface area (Å²) in [5.41, 5.74) is 0.782. The minimum atomic E-state index is -0.414. The third kappa shape index (κ3) is 6.25. The Hall–Kier alpha value is -2.04. The zero-order chi connectivity index (χ0) is 20.9. The molecule has 4 nitrogen and oxygen atoms in total. The van der Waals surface area contributed by atoms with E-state index in [9.17, 15) is 9.59 Å². The molecule has 2 aromatic rings. The van der Waals surface area contributed by atoms with E-state index < -0.39 is 12.1 Å². The summed E-state index contributed by atoms with van der Waals surface area (Å²) < 4.78 is 5.67. The van der Waals surface area contributed by atoms with E-state index in [0.29, 0.717) is 27.7 Å². The van der Waals surface area contributed by atoms with Crippen molar-refractivity contribution in [2.24, 2.45) is 11.3 Å². The highest BCUT2D eigenvalue weighted by atomic mass is 35.5. The molecule has 0 aliphatic carbocycles. The number of carbonyl (C=O) groups excluding carboxylic acids is 2. The van der Waals surface area contributed by atoms with Crippen molar-refractivity contribution in [2.75, 3.05) is 6.54 Å². The molecule has 1 amide bonds. The number of nitrogens with one attached hydrogen (secondary N) is 1. The second-order valence-electron chi connectivity index (χ2n) is 7.81. The lowest BCUT2D eigenvalue weighted by atomic mass is 9.77. The lowest BCUT2D eigenvalue weighted by Crippen LogP contribution is -2.42. The Balaban J connectivity index is 2.03. The molecule has 0 saturated carbocycles. The Bertz CT molecular complexity index is 811. The Labute approximate surface area is 176 Å².